The molecule has 0 aliphatic rings. The monoisotopic (exact) mass is 171 g/mol. The number of aliphatic hydroxyl groups is 1. The summed E-state index contributed by atoms with van der Waals surface area (Å²) in [7, 11) is 0. The van der Waals surface area contributed by atoms with Gasteiger partial charge in [-0.3, -0.25) is 0 Å². The van der Waals surface area contributed by atoms with Gasteiger partial charge in [0.1, 0.15) is 0 Å². The summed E-state index contributed by atoms with van der Waals surface area (Å²) >= 11 is 1.70. The van der Waals surface area contributed by atoms with E-state index in [9.17, 15) is 0 Å². The first kappa shape index (κ1) is 8.71. The van der Waals surface area contributed by atoms with Gasteiger partial charge in [0.25, 0.3) is 0 Å². The minimum absolute atomic E-state index is 0.256. The Morgan fingerprint density at radius 1 is 1.73 bits per heavy atom. The van der Waals surface area contributed by atoms with E-state index in [0.717, 1.165) is 6.54 Å². The lowest BCUT2D eigenvalue weighted by Gasteiger charge is -2.04. The van der Waals surface area contributed by atoms with Crippen molar-refractivity contribution in [1.29, 1.82) is 0 Å². The standard InChI is InChI=1S/C8H13NOS/c1-7(10)4-9-5-8-2-3-11-6-8/h2-3,6-7,9-10H,4-5H2,1H3/t7-/m1/s1. The number of nitrogens with one attached hydrogen (secondary N) is 1. The van der Waals surface area contributed by atoms with E-state index in [1.165, 1.54) is 5.56 Å². The highest BCUT2D eigenvalue weighted by Gasteiger charge is 1.94. The van der Waals surface area contributed by atoms with Crippen molar-refractivity contribution in [2.75, 3.05) is 6.54 Å². The number of aliphatic hydroxyl groups excluding tert-OH is 1. The first-order valence-electron chi connectivity index (χ1n) is 3.69. The molecule has 0 aromatic carbocycles. The maximum absolute atomic E-state index is 8.92. The summed E-state index contributed by atoms with van der Waals surface area (Å²) in [4.78, 5) is 0. The van der Waals surface area contributed by atoms with Gasteiger partial charge in [0.15, 0.2) is 0 Å². The first-order chi connectivity index (χ1) is 5.29. The maximum atomic E-state index is 8.92. The van der Waals surface area contributed by atoms with Crippen LogP contribution >= 0.6 is 11.3 Å². The average molecular weight is 171 g/mol. The number of rotatable bonds is 4. The van der Waals surface area contributed by atoms with Crippen LogP contribution in [0.25, 0.3) is 0 Å². The van der Waals surface area contributed by atoms with Crippen molar-refractivity contribution >= 4 is 11.3 Å². The Morgan fingerprint density at radius 2 is 2.55 bits per heavy atom. The average Bonchev–Trinajstić information content (AvgIpc) is 2.39. The lowest BCUT2D eigenvalue weighted by molar-refractivity contribution is 0.191. The molecule has 0 spiro atoms. The molecule has 0 aliphatic heterocycles. The van der Waals surface area contributed by atoms with E-state index in [1.54, 1.807) is 18.3 Å². The summed E-state index contributed by atoms with van der Waals surface area (Å²) in [5.74, 6) is 0. The van der Waals surface area contributed by atoms with Gasteiger partial charge in [0, 0.05) is 13.1 Å². The van der Waals surface area contributed by atoms with Crippen molar-refractivity contribution in [3.05, 3.63) is 22.4 Å². The van der Waals surface area contributed by atoms with Gasteiger partial charge in [-0.1, -0.05) is 0 Å². The summed E-state index contributed by atoms with van der Waals surface area (Å²) in [6.45, 7) is 3.30. The fraction of sp³-hybridized carbons (Fsp3) is 0.500. The Kier molecular flexibility index (Phi) is 3.56. The van der Waals surface area contributed by atoms with Crippen LogP contribution in [0.15, 0.2) is 16.8 Å². The van der Waals surface area contributed by atoms with E-state index in [4.69, 9.17) is 5.11 Å². The molecule has 0 saturated carbocycles. The SMILES string of the molecule is C[C@@H](O)CNCc1ccsc1. The van der Waals surface area contributed by atoms with Crippen molar-refractivity contribution in [2.45, 2.75) is 19.6 Å². The van der Waals surface area contributed by atoms with Crippen molar-refractivity contribution < 1.29 is 5.11 Å². The minimum atomic E-state index is -0.256. The molecule has 1 heterocycles. The largest absolute Gasteiger partial charge is 0.392 e. The quantitative estimate of drug-likeness (QED) is 0.714. The highest BCUT2D eigenvalue weighted by molar-refractivity contribution is 7.07. The second kappa shape index (κ2) is 4.49. The molecule has 62 valence electrons. The molecule has 1 aromatic heterocycles. The number of hydrogen-bond acceptors (Lipinski definition) is 3. The Labute approximate surface area is 70.9 Å². The van der Waals surface area contributed by atoms with Gasteiger partial charge >= 0.3 is 0 Å². The van der Waals surface area contributed by atoms with Gasteiger partial charge < -0.3 is 10.4 Å². The van der Waals surface area contributed by atoms with E-state index >= 15 is 0 Å². The molecule has 0 bridgehead atoms. The number of thiophene rings is 1. The fourth-order valence-corrected chi connectivity index (χ4v) is 1.49. The van der Waals surface area contributed by atoms with Gasteiger partial charge in [-0.2, -0.15) is 11.3 Å². The molecule has 3 heteroatoms. The molecular weight excluding hydrogens is 158 g/mol. The molecule has 0 unspecified atom stereocenters. The summed E-state index contributed by atoms with van der Waals surface area (Å²) in [6, 6.07) is 2.08. The zero-order chi connectivity index (χ0) is 8.10. The first-order valence-corrected chi connectivity index (χ1v) is 4.63. The molecule has 0 aliphatic carbocycles. The highest BCUT2D eigenvalue weighted by Crippen LogP contribution is 2.04. The second-order valence-corrected chi connectivity index (χ2v) is 3.39. The molecule has 11 heavy (non-hydrogen) atoms. The molecule has 2 N–H and O–H groups in total. The minimum Gasteiger partial charge on any atom is -0.392 e. The Morgan fingerprint density at radius 3 is 3.09 bits per heavy atom. The second-order valence-electron chi connectivity index (χ2n) is 2.61. The number of hydrogen-bond donors (Lipinski definition) is 2. The Hall–Kier alpha value is -0.380. The third kappa shape index (κ3) is 3.51. The van der Waals surface area contributed by atoms with Crippen molar-refractivity contribution in [2.24, 2.45) is 0 Å². The van der Waals surface area contributed by atoms with Gasteiger partial charge in [-0.25, -0.2) is 0 Å². The van der Waals surface area contributed by atoms with Crippen LogP contribution in [0.1, 0.15) is 12.5 Å². The van der Waals surface area contributed by atoms with Crippen molar-refractivity contribution in [3.63, 3.8) is 0 Å². The van der Waals surface area contributed by atoms with E-state index in [0.29, 0.717) is 6.54 Å². The lowest BCUT2D eigenvalue weighted by Crippen LogP contribution is -2.23. The van der Waals surface area contributed by atoms with E-state index in [-0.39, 0.29) is 6.10 Å². The zero-order valence-electron chi connectivity index (χ0n) is 6.58. The lowest BCUT2D eigenvalue weighted by atomic mass is 10.3. The van der Waals surface area contributed by atoms with Crippen LogP contribution in [0, 0.1) is 0 Å². The molecule has 0 saturated heterocycles. The van der Waals surface area contributed by atoms with Crippen LogP contribution < -0.4 is 5.32 Å². The molecule has 0 radical (unpaired) electrons. The topological polar surface area (TPSA) is 32.3 Å². The Balaban J connectivity index is 2.14. The molecule has 1 atom stereocenters. The smallest absolute Gasteiger partial charge is 0.0636 e. The van der Waals surface area contributed by atoms with Crippen LogP contribution in [0.3, 0.4) is 0 Å². The summed E-state index contributed by atoms with van der Waals surface area (Å²) < 4.78 is 0. The molecule has 0 amide bonds. The predicted molar refractivity (Wildman–Crippen MR) is 47.7 cm³/mol. The van der Waals surface area contributed by atoms with Gasteiger partial charge in [0.05, 0.1) is 6.10 Å². The van der Waals surface area contributed by atoms with Crippen LogP contribution in [0.2, 0.25) is 0 Å². The van der Waals surface area contributed by atoms with E-state index in [2.05, 4.69) is 22.1 Å². The zero-order valence-corrected chi connectivity index (χ0v) is 7.40. The normalized spacial score (nSPS) is 13.3. The summed E-state index contributed by atoms with van der Waals surface area (Å²) in [5.41, 5.74) is 1.29. The third-order valence-corrected chi connectivity index (χ3v) is 2.08. The molecule has 1 rings (SSSR count). The highest BCUT2D eigenvalue weighted by atomic mass is 32.1. The molecular formula is C8H13NOS. The van der Waals surface area contributed by atoms with Crippen molar-refractivity contribution in [1.82, 2.24) is 5.32 Å². The Bertz CT molecular complexity index is 184. The predicted octanol–water partition coefficient (Wildman–Crippen LogP) is 1.22. The van der Waals surface area contributed by atoms with Gasteiger partial charge in [-0.05, 0) is 29.3 Å². The van der Waals surface area contributed by atoms with E-state index < -0.39 is 0 Å². The maximum Gasteiger partial charge on any atom is 0.0636 e. The van der Waals surface area contributed by atoms with Crippen molar-refractivity contribution in [3.8, 4) is 0 Å². The molecule has 1 aromatic rings. The fourth-order valence-electron chi connectivity index (χ4n) is 0.819. The summed E-state index contributed by atoms with van der Waals surface area (Å²) in [5, 5.41) is 16.2. The summed E-state index contributed by atoms with van der Waals surface area (Å²) in [6.07, 6.45) is -0.256. The van der Waals surface area contributed by atoms with Crippen LogP contribution in [-0.2, 0) is 6.54 Å². The van der Waals surface area contributed by atoms with Crippen LogP contribution in [-0.4, -0.2) is 17.8 Å². The molecule has 2 nitrogen and oxygen atoms in total. The third-order valence-electron chi connectivity index (χ3n) is 1.35. The van der Waals surface area contributed by atoms with Crippen LogP contribution in [0.4, 0.5) is 0 Å². The van der Waals surface area contributed by atoms with Gasteiger partial charge in [-0.15, -0.1) is 0 Å². The van der Waals surface area contributed by atoms with E-state index in [1.807, 2.05) is 0 Å². The molecule has 0 fully saturated rings. The van der Waals surface area contributed by atoms with Gasteiger partial charge in [0.2, 0.25) is 0 Å². The van der Waals surface area contributed by atoms with Crippen LogP contribution in [0.5, 0.6) is 0 Å².